The predicted octanol–water partition coefficient (Wildman–Crippen LogP) is 5.15. The third-order valence-corrected chi connectivity index (χ3v) is 4.70. The van der Waals surface area contributed by atoms with Crippen LogP contribution in [0.2, 0.25) is 5.02 Å². The van der Waals surface area contributed by atoms with Crippen molar-refractivity contribution in [3.05, 3.63) is 46.9 Å². The van der Waals surface area contributed by atoms with Gasteiger partial charge in [-0.3, -0.25) is 4.79 Å². The van der Waals surface area contributed by atoms with Gasteiger partial charge in [0.2, 0.25) is 0 Å². The zero-order valence-corrected chi connectivity index (χ0v) is 15.1. The maximum absolute atomic E-state index is 12.9. The van der Waals surface area contributed by atoms with E-state index in [0.29, 0.717) is 11.9 Å². The number of hydrogen-bond donors (Lipinski definition) is 2. The highest BCUT2D eigenvalue weighted by Gasteiger charge is 2.33. The first-order valence-corrected chi connectivity index (χ1v) is 8.97. The Bertz CT molecular complexity index is 805. The van der Waals surface area contributed by atoms with Crippen LogP contribution in [-0.2, 0) is 6.18 Å². The maximum atomic E-state index is 12.9. The molecule has 5 nitrogen and oxygen atoms in total. The summed E-state index contributed by atoms with van der Waals surface area (Å²) in [6.07, 6.45) is 3.87. The van der Waals surface area contributed by atoms with Crippen molar-refractivity contribution < 1.29 is 18.0 Å². The minimum absolute atomic E-state index is 0.00713. The molecular formula is C18H18ClF3N4O. The van der Waals surface area contributed by atoms with E-state index < -0.39 is 22.7 Å². The van der Waals surface area contributed by atoms with Crippen molar-refractivity contribution in [3.63, 3.8) is 0 Å². The Labute approximate surface area is 159 Å². The second kappa shape index (κ2) is 8.12. The van der Waals surface area contributed by atoms with Gasteiger partial charge in [0.1, 0.15) is 11.5 Å². The maximum Gasteiger partial charge on any atom is 0.417 e. The number of amides is 1. The number of carbonyl (C=O) groups is 1. The van der Waals surface area contributed by atoms with E-state index in [4.69, 9.17) is 11.6 Å². The number of nitrogens with zero attached hydrogens (tertiary/aromatic N) is 2. The van der Waals surface area contributed by atoms with Gasteiger partial charge in [-0.1, -0.05) is 30.9 Å². The number of hydrogen-bond acceptors (Lipinski definition) is 4. The topological polar surface area (TPSA) is 66.9 Å². The van der Waals surface area contributed by atoms with Crippen LogP contribution in [0.4, 0.5) is 24.7 Å². The second-order valence-electron chi connectivity index (χ2n) is 6.41. The van der Waals surface area contributed by atoms with Gasteiger partial charge in [0.25, 0.3) is 5.91 Å². The third-order valence-electron chi connectivity index (χ3n) is 4.37. The van der Waals surface area contributed by atoms with Gasteiger partial charge in [-0.2, -0.15) is 13.2 Å². The van der Waals surface area contributed by atoms with Crippen molar-refractivity contribution in [3.8, 4) is 0 Å². The van der Waals surface area contributed by atoms with Gasteiger partial charge in [0.05, 0.1) is 23.0 Å². The zero-order chi connectivity index (χ0) is 19.4. The highest BCUT2D eigenvalue weighted by molar-refractivity contribution is 6.31. The number of alkyl halides is 3. The molecule has 1 heterocycles. The van der Waals surface area contributed by atoms with Crippen molar-refractivity contribution in [2.45, 2.75) is 44.3 Å². The SMILES string of the molecule is O=C(Nc1ccc(Cl)c(C(F)(F)F)c1)c1cnc(NC2CCCCC2)cn1. The fraction of sp³-hybridized carbons (Fsp3) is 0.389. The molecule has 0 unspecified atom stereocenters. The Balaban J connectivity index is 1.66. The summed E-state index contributed by atoms with van der Waals surface area (Å²) in [4.78, 5) is 20.4. The summed E-state index contributed by atoms with van der Waals surface area (Å²) in [7, 11) is 0. The Hall–Kier alpha value is -2.35. The van der Waals surface area contributed by atoms with Crippen molar-refractivity contribution >= 4 is 29.0 Å². The van der Waals surface area contributed by atoms with E-state index in [2.05, 4.69) is 20.6 Å². The largest absolute Gasteiger partial charge is 0.417 e. The molecule has 1 aromatic carbocycles. The molecule has 1 fully saturated rings. The van der Waals surface area contributed by atoms with Gasteiger partial charge in [0.15, 0.2) is 0 Å². The van der Waals surface area contributed by atoms with Crippen LogP contribution in [0.5, 0.6) is 0 Å². The lowest BCUT2D eigenvalue weighted by molar-refractivity contribution is -0.137. The molecule has 0 saturated heterocycles. The van der Waals surface area contributed by atoms with E-state index in [0.717, 1.165) is 25.0 Å². The Morgan fingerprint density at radius 2 is 1.85 bits per heavy atom. The molecule has 3 rings (SSSR count). The van der Waals surface area contributed by atoms with E-state index in [-0.39, 0.29) is 11.4 Å². The van der Waals surface area contributed by atoms with Crippen LogP contribution >= 0.6 is 11.6 Å². The smallest absolute Gasteiger partial charge is 0.366 e. The van der Waals surface area contributed by atoms with Crippen molar-refractivity contribution in [1.82, 2.24) is 9.97 Å². The number of halogens is 4. The minimum atomic E-state index is -4.61. The molecule has 2 N–H and O–H groups in total. The van der Waals surface area contributed by atoms with Crippen molar-refractivity contribution in [2.24, 2.45) is 0 Å². The second-order valence-corrected chi connectivity index (χ2v) is 6.82. The standard InChI is InChI=1S/C18H18ClF3N4O/c19-14-7-6-12(8-13(14)18(20,21)22)26-17(27)15-9-24-16(10-23-15)25-11-4-2-1-3-5-11/h6-11H,1-5H2,(H,24,25)(H,26,27). The molecule has 27 heavy (non-hydrogen) atoms. The monoisotopic (exact) mass is 398 g/mol. The van der Waals surface area contributed by atoms with Gasteiger partial charge in [-0.25, -0.2) is 9.97 Å². The van der Waals surface area contributed by atoms with Gasteiger partial charge < -0.3 is 10.6 Å². The summed E-state index contributed by atoms with van der Waals surface area (Å²) in [5, 5.41) is 5.23. The summed E-state index contributed by atoms with van der Waals surface area (Å²) in [5.74, 6) is -0.0773. The lowest BCUT2D eigenvalue weighted by Crippen LogP contribution is -2.23. The van der Waals surface area contributed by atoms with Crippen LogP contribution in [-0.4, -0.2) is 21.9 Å². The molecule has 0 atom stereocenters. The van der Waals surface area contributed by atoms with Gasteiger partial charge in [-0.15, -0.1) is 0 Å². The Kier molecular flexibility index (Phi) is 5.84. The van der Waals surface area contributed by atoms with Gasteiger partial charge >= 0.3 is 6.18 Å². The Morgan fingerprint density at radius 1 is 1.11 bits per heavy atom. The number of carbonyl (C=O) groups excluding carboxylic acids is 1. The molecule has 9 heteroatoms. The first-order valence-electron chi connectivity index (χ1n) is 8.59. The molecule has 0 radical (unpaired) electrons. The lowest BCUT2D eigenvalue weighted by Gasteiger charge is -2.23. The van der Waals surface area contributed by atoms with E-state index in [1.807, 2.05) is 0 Å². The average Bonchev–Trinajstić information content (AvgIpc) is 2.64. The van der Waals surface area contributed by atoms with E-state index in [1.54, 1.807) is 0 Å². The molecule has 1 aliphatic rings. The molecule has 2 aromatic rings. The van der Waals surface area contributed by atoms with Crippen LogP contribution < -0.4 is 10.6 Å². The summed E-state index contributed by atoms with van der Waals surface area (Å²) >= 11 is 5.57. The van der Waals surface area contributed by atoms with E-state index in [1.165, 1.54) is 37.7 Å². The molecule has 0 aliphatic heterocycles. The molecule has 1 amide bonds. The average molecular weight is 399 g/mol. The first-order chi connectivity index (χ1) is 12.8. The number of aromatic nitrogens is 2. The van der Waals surface area contributed by atoms with Crippen LogP contribution in [0.15, 0.2) is 30.6 Å². The number of benzene rings is 1. The van der Waals surface area contributed by atoms with Gasteiger partial charge in [0, 0.05) is 11.7 Å². The third kappa shape index (κ3) is 5.09. The highest BCUT2D eigenvalue weighted by atomic mass is 35.5. The van der Waals surface area contributed by atoms with E-state index in [9.17, 15) is 18.0 Å². The first kappa shape index (κ1) is 19.4. The molecule has 0 spiro atoms. The fourth-order valence-corrected chi connectivity index (χ4v) is 3.22. The fourth-order valence-electron chi connectivity index (χ4n) is 2.99. The number of nitrogens with one attached hydrogen (secondary N) is 2. The van der Waals surface area contributed by atoms with Gasteiger partial charge in [-0.05, 0) is 31.0 Å². The summed E-state index contributed by atoms with van der Waals surface area (Å²) in [6.45, 7) is 0. The predicted molar refractivity (Wildman–Crippen MR) is 96.9 cm³/mol. The van der Waals surface area contributed by atoms with Crippen LogP contribution in [0, 0.1) is 0 Å². The normalized spacial score (nSPS) is 15.4. The minimum Gasteiger partial charge on any atom is -0.366 e. The van der Waals surface area contributed by atoms with Crippen molar-refractivity contribution in [2.75, 3.05) is 10.6 Å². The van der Waals surface area contributed by atoms with Crippen LogP contribution in [0.25, 0.3) is 0 Å². The quantitative estimate of drug-likeness (QED) is 0.747. The van der Waals surface area contributed by atoms with Crippen LogP contribution in [0.1, 0.15) is 48.2 Å². The lowest BCUT2D eigenvalue weighted by atomic mass is 9.96. The summed E-state index contributed by atoms with van der Waals surface area (Å²) in [5.41, 5.74) is -1.03. The molecule has 0 bridgehead atoms. The zero-order valence-electron chi connectivity index (χ0n) is 14.3. The molecule has 1 saturated carbocycles. The van der Waals surface area contributed by atoms with Crippen molar-refractivity contribution in [1.29, 1.82) is 0 Å². The summed E-state index contributed by atoms with van der Waals surface area (Å²) in [6, 6.07) is 3.51. The van der Waals surface area contributed by atoms with Crippen LogP contribution in [0.3, 0.4) is 0 Å². The van der Waals surface area contributed by atoms with E-state index >= 15 is 0 Å². The molecule has 144 valence electrons. The number of rotatable bonds is 4. The highest BCUT2D eigenvalue weighted by Crippen LogP contribution is 2.36. The molecule has 1 aliphatic carbocycles. The molecule has 1 aromatic heterocycles. The molecular weight excluding hydrogens is 381 g/mol. The number of anilines is 2. The Morgan fingerprint density at radius 3 is 2.48 bits per heavy atom. The summed E-state index contributed by atoms with van der Waals surface area (Å²) < 4.78 is 38.7.